The second-order valence-electron chi connectivity index (χ2n) is 4.76. The van der Waals surface area contributed by atoms with Crippen LogP contribution in [0.4, 0.5) is 5.13 Å². The summed E-state index contributed by atoms with van der Waals surface area (Å²) in [6.07, 6.45) is 4.16. The van der Waals surface area contributed by atoms with Gasteiger partial charge in [-0.15, -0.1) is 11.3 Å². The van der Waals surface area contributed by atoms with E-state index < -0.39 is 0 Å². The molecule has 0 saturated carbocycles. The molecule has 0 bridgehead atoms. The van der Waals surface area contributed by atoms with Gasteiger partial charge in [0.1, 0.15) is 12.7 Å². The third-order valence-corrected chi connectivity index (χ3v) is 3.87. The number of aryl methyl sites for hydroxylation is 1. The molecule has 0 radical (unpaired) electrons. The second-order valence-corrected chi connectivity index (χ2v) is 5.62. The van der Waals surface area contributed by atoms with Crippen LogP contribution in [0, 0.1) is 0 Å². The Hall–Kier alpha value is -2.54. The number of carbonyl (C=O) groups excluding carboxylic acids is 1. The Bertz CT molecular complexity index is 723. The van der Waals surface area contributed by atoms with E-state index in [0.717, 1.165) is 12.1 Å². The van der Waals surface area contributed by atoms with E-state index in [-0.39, 0.29) is 5.91 Å². The van der Waals surface area contributed by atoms with Gasteiger partial charge < -0.3 is 5.32 Å². The van der Waals surface area contributed by atoms with Crippen LogP contribution in [0.3, 0.4) is 0 Å². The fraction of sp³-hybridized carbons (Fsp3) is 0.200. The zero-order chi connectivity index (χ0) is 15.2. The molecule has 0 aliphatic carbocycles. The van der Waals surface area contributed by atoms with Gasteiger partial charge in [-0.3, -0.25) is 9.48 Å². The number of nitrogens with zero attached hydrogens (tertiary/aromatic N) is 4. The van der Waals surface area contributed by atoms with Gasteiger partial charge in [-0.1, -0.05) is 30.3 Å². The van der Waals surface area contributed by atoms with Crippen LogP contribution in [0.5, 0.6) is 0 Å². The molecule has 1 amide bonds. The lowest BCUT2D eigenvalue weighted by Crippen LogP contribution is -2.14. The average molecular weight is 313 g/mol. The first-order valence-corrected chi connectivity index (χ1v) is 7.78. The minimum Gasteiger partial charge on any atom is -0.302 e. The molecule has 22 heavy (non-hydrogen) atoms. The fourth-order valence-corrected chi connectivity index (χ4v) is 2.72. The van der Waals surface area contributed by atoms with Crippen molar-refractivity contribution in [3.8, 4) is 0 Å². The van der Waals surface area contributed by atoms with Crippen LogP contribution in [0.25, 0.3) is 0 Å². The number of carbonyl (C=O) groups is 1. The van der Waals surface area contributed by atoms with Gasteiger partial charge in [0.25, 0.3) is 0 Å². The van der Waals surface area contributed by atoms with E-state index in [9.17, 15) is 4.79 Å². The van der Waals surface area contributed by atoms with Crippen molar-refractivity contribution in [1.29, 1.82) is 0 Å². The van der Waals surface area contributed by atoms with Gasteiger partial charge in [0.05, 0.1) is 12.2 Å². The van der Waals surface area contributed by atoms with Crippen LogP contribution < -0.4 is 5.32 Å². The molecule has 1 aromatic carbocycles. The highest BCUT2D eigenvalue weighted by Crippen LogP contribution is 2.18. The van der Waals surface area contributed by atoms with Crippen molar-refractivity contribution >= 4 is 22.4 Å². The molecule has 0 atom stereocenters. The highest BCUT2D eigenvalue weighted by Gasteiger charge is 2.07. The van der Waals surface area contributed by atoms with Gasteiger partial charge in [-0.05, 0) is 5.56 Å². The molecule has 0 unspecified atom stereocenters. The third kappa shape index (κ3) is 3.98. The number of thiazole rings is 1. The summed E-state index contributed by atoms with van der Waals surface area (Å²) in [5.41, 5.74) is 2.17. The van der Waals surface area contributed by atoms with Gasteiger partial charge in [0, 0.05) is 18.2 Å². The third-order valence-electron chi connectivity index (χ3n) is 3.06. The van der Waals surface area contributed by atoms with Crippen molar-refractivity contribution in [3.63, 3.8) is 0 Å². The number of aromatic nitrogens is 4. The summed E-state index contributed by atoms with van der Waals surface area (Å²) in [6.45, 7) is 0.508. The lowest BCUT2D eigenvalue weighted by atomic mass is 10.1. The molecule has 1 N–H and O–H groups in total. The molecular formula is C15H15N5OS. The van der Waals surface area contributed by atoms with E-state index in [1.54, 1.807) is 11.0 Å². The van der Waals surface area contributed by atoms with Gasteiger partial charge in [0.15, 0.2) is 5.13 Å². The average Bonchev–Trinajstić information content (AvgIpc) is 3.18. The Kier molecular flexibility index (Phi) is 4.55. The molecule has 2 heterocycles. The maximum absolute atomic E-state index is 11.9. The minimum absolute atomic E-state index is 0.0730. The number of benzene rings is 1. The number of rotatable bonds is 6. The number of nitrogens with one attached hydrogen (secondary N) is 1. The molecule has 0 saturated heterocycles. The highest BCUT2D eigenvalue weighted by molar-refractivity contribution is 7.13. The van der Waals surface area contributed by atoms with Crippen molar-refractivity contribution in [2.24, 2.45) is 0 Å². The summed E-state index contributed by atoms with van der Waals surface area (Å²) in [5, 5.41) is 9.38. The fourth-order valence-electron chi connectivity index (χ4n) is 2.00. The first kappa shape index (κ1) is 14.4. The Morgan fingerprint density at radius 1 is 1.27 bits per heavy atom. The first-order chi connectivity index (χ1) is 10.8. The maximum Gasteiger partial charge on any atom is 0.228 e. The number of hydrogen-bond acceptors (Lipinski definition) is 5. The van der Waals surface area contributed by atoms with Gasteiger partial charge in [-0.2, -0.15) is 5.10 Å². The Labute approximate surface area is 131 Å². The summed E-state index contributed by atoms with van der Waals surface area (Å²) >= 11 is 1.44. The molecule has 0 aliphatic rings. The van der Waals surface area contributed by atoms with Crippen molar-refractivity contribution < 1.29 is 4.79 Å². The van der Waals surface area contributed by atoms with E-state index in [1.165, 1.54) is 23.2 Å². The molecular weight excluding hydrogens is 298 g/mol. The molecule has 3 aromatic rings. The van der Waals surface area contributed by atoms with E-state index in [2.05, 4.69) is 32.5 Å². The summed E-state index contributed by atoms with van der Waals surface area (Å²) in [5.74, 6) is -0.0730. The zero-order valence-electron chi connectivity index (χ0n) is 11.8. The zero-order valence-corrected chi connectivity index (χ0v) is 12.7. The van der Waals surface area contributed by atoms with Crippen molar-refractivity contribution in [3.05, 3.63) is 59.6 Å². The molecule has 0 aliphatic heterocycles. The van der Waals surface area contributed by atoms with Crippen LogP contribution in [0.15, 0.2) is 48.4 Å². The smallest absolute Gasteiger partial charge is 0.228 e. The van der Waals surface area contributed by atoms with E-state index in [0.29, 0.717) is 18.1 Å². The molecule has 7 heteroatoms. The first-order valence-electron chi connectivity index (χ1n) is 6.90. The highest BCUT2D eigenvalue weighted by atomic mass is 32.1. The summed E-state index contributed by atoms with van der Waals surface area (Å²) in [6, 6.07) is 10.1. The van der Waals surface area contributed by atoms with Crippen molar-refractivity contribution in [1.82, 2.24) is 19.7 Å². The SMILES string of the molecule is O=C(CCn1cncn1)Nc1nc(Cc2ccccc2)cs1. The summed E-state index contributed by atoms with van der Waals surface area (Å²) in [4.78, 5) is 20.1. The lowest BCUT2D eigenvalue weighted by molar-refractivity contribution is -0.116. The molecule has 6 nitrogen and oxygen atoms in total. The largest absolute Gasteiger partial charge is 0.302 e. The monoisotopic (exact) mass is 313 g/mol. The topological polar surface area (TPSA) is 72.7 Å². The quantitative estimate of drug-likeness (QED) is 0.758. The predicted octanol–water partition coefficient (Wildman–Crippen LogP) is 2.35. The van der Waals surface area contributed by atoms with E-state index in [1.807, 2.05) is 23.6 Å². The number of anilines is 1. The molecule has 0 spiro atoms. The van der Waals surface area contributed by atoms with Crippen molar-refractivity contribution in [2.45, 2.75) is 19.4 Å². The standard InChI is InChI=1S/C15H15N5OS/c21-14(6-7-20-11-16-10-17-20)19-15-18-13(9-22-15)8-12-4-2-1-3-5-12/h1-5,9-11H,6-8H2,(H,18,19,21). The van der Waals surface area contributed by atoms with E-state index in [4.69, 9.17) is 0 Å². The van der Waals surface area contributed by atoms with Crippen LogP contribution in [0.2, 0.25) is 0 Å². The maximum atomic E-state index is 11.9. The van der Waals surface area contributed by atoms with Gasteiger partial charge >= 0.3 is 0 Å². The Morgan fingerprint density at radius 3 is 2.91 bits per heavy atom. The molecule has 112 valence electrons. The molecule has 2 aromatic heterocycles. The summed E-state index contributed by atoms with van der Waals surface area (Å²) in [7, 11) is 0. The van der Waals surface area contributed by atoms with Gasteiger partial charge in [-0.25, -0.2) is 9.97 Å². The van der Waals surface area contributed by atoms with E-state index >= 15 is 0 Å². The Morgan fingerprint density at radius 2 is 2.14 bits per heavy atom. The van der Waals surface area contributed by atoms with Crippen LogP contribution in [0.1, 0.15) is 17.7 Å². The minimum atomic E-state index is -0.0730. The second kappa shape index (κ2) is 6.95. The number of hydrogen-bond donors (Lipinski definition) is 1. The van der Waals surface area contributed by atoms with Crippen molar-refractivity contribution in [2.75, 3.05) is 5.32 Å². The predicted molar refractivity (Wildman–Crippen MR) is 84.6 cm³/mol. The number of amides is 1. The van der Waals surface area contributed by atoms with Crippen LogP contribution in [-0.4, -0.2) is 25.7 Å². The molecule has 3 rings (SSSR count). The lowest BCUT2D eigenvalue weighted by Gasteiger charge is -2.01. The summed E-state index contributed by atoms with van der Waals surface area (Å²) < 4.78 is 1.63. The van der Waals surface area contributed by atoms with Crippen LogP contribution in [-0.2, 0) is 17.8 Å². The van der Waals surface area contributed by atoms with Gasteiger partial charge in [0.2, 0.25) is 5.91 Å². The molecule has 0 fully saturated rings. The normalized spacial score (nSPS) is 10.5. The Balaban J connectivity index is 1.51. The van der Waals surface area contributed by atoms with Crippen LogP contribution >= 0.6 is 11.3 Å².